The first-order chi connectivity index (χ1) is 11.2. The number of nitrogens with one attached hydrogen (secondary N) is 1. The summed E-state index contributed by atoms with van der Waals surface area (Å²) in [6.07, 6.45) is 1.79. The molecule has 0 atom stereocenters. The van der Waals surface area contributed by atoms with Gasteiger partial charge in [0.15, 0.2) is 5.65 Å². The molecule has 0 aromatic carbocycles. The third-order valence-electron chi connectivity index (χ3n) is 4.40. The highest BCUT2D eigenvalue weighted by molar-refractivity contribution is 5.65. The van der Waals surface area contributed by atoms with Crippen molar-refractivity contribution < 1.29 is 0 Å². The summed E-state index contributed by atoms with van der Waals surface area (Å²) in [4.78, 5) is 11.5. The van der Waals surface area contributed by atoms with Crippen LogP contribution >= 0.6 is 0 Å². The van der Waals surface area contributed by atoms with Crippen LogP contribution in [-0.2, 0) is 0 Å². The first-order valence-corrected chi connectivity index (χ1v) is 7.98. The molecule has 6 heteroatoms. The topological polar surface area (TPSA) is 58.4 Å². The van der Waals surface area contributed by atoms with E-state index >= 15 is 0 Å². The normalized spacial score (nSPS) is 15.3. The largest absolute Gasteiger partial charge is 0.354 e. The van der Waals surface area contributed by atoms with Crippen molar-refractivity contribution in [3.63, 3.8) is 0 Å². The van der Waals surface area contributed by atoms with Crippen LogP contribution in [0.15, 0.2) is 30.5 Å². The van der Waals surface area contributed by atoms with Gasteiger partial charge in [-0.1, -0.05) is 6.07 Å². The fourth-order valence-electron chi connectivity index (χ4n) is 3.07. The predicted octanol–water partition coefficient (Wildman–Crippen LogP) is 1.82. The molecule has 1 N–H and O–H groups in total. The number of aromatic nitrogens is 4. The van der Waals surface area contributed by atoms with Gasteiger partial charge in [0.2, 0.25) is 0 Å². The molecular formula is C17H20N6. The summed E-state index contributed by atoms with van der Waals surface area (Å²) < 4.78 is 1.97. The highest BCUT2D eigenvalue weighted by Crippen LogP contribution is 2.26. The molecule has 0 amide bonds. The summed E-state index contributed by atoms with van der Waals surface area (Å²) >= 11 is 0. The number of nitrogens with zero attached hydrogens (tertiary/aromatic N) is 5. The molecule has 1 aliphatic rings. The lowest BCUT2D eigenvalue weighted by molar-refractivity contribution is 0.578. The lowest BCUT2D eigenvalue weighted by atomic mass is 10.2. The lowest BCUT2D eigenvalue weighted by Gasteiger charge is -2.31. The van der Waals surface area contributed by atoms with Crippen LogP contribution < -0.4 is 10.2 Å². The maximum atomic E-state index is 4.79. The van der Waals surface area contributed by atoms with E-state index in [0.29, 0.717) is 0 Å². The maximum absolute atomic E-state index is 4.79. The average molecular weight is 308 g/mol. The summed E-state index contributed by atoms with van der Waals surface area (Å²) in [5.41, 5.74) is 4.86. The molecule has 0 bridgehead atoms. The van der Waals surface area contributed by atoms with E-state index in [-0.39, 0.29) is 0 Å². The van der Waals surface area contributed by atoms with Crippen LogP contribution in [0.4, 0.5) is 5.82 Å². The summed E-state index contributed by atoms with van der Waals surface area (Å²) in [7, 11) is 0. The van der Waals surface area contributed by atoms with Crippen molar-refractivity contribution >= 4 is 11.5 Å². The molecule has 1 fully saturated rings. The van der Waals surface area contributed by atoms with Crippen molar-refractivity contribution in [2.45, 2.75) is 13.8 Å². The van der Waals surface area contributed by atoms with Crippen molar-refractivity contribution in [1.82, 2.24) is 24.9 Å². The van der Waals surface area contributed by atoms with E-state index in [1.807, 2.05) is 28.8 Å². The Morgan fingerprint density at radius 2 is 1.91 bits per heavy atom. The van der Waals surface area contributed by atoms with Crippen LogP contribution in [-0.4, -0.2) is 45.8 Å². The van der Waals surface area contributed by atoms with Crippen molar-refractivity contribution in [3.05, 3.63) is 41.7 Å². The van der Waals surface area contributed by atoms with Gasteiger partial charge >= 0.3 is 0 Å². The van der Waals surface area contributed by atoms with Gasteiger partial charge in [0.25, 0.3) is 0 Å². The first kappa shape index (κ1) is 14.1. The van der Waals surface area contributed by atoms with Crippen LogP contribution in [0.1, 0.15) is 11.3 Å². The molecule has 4 rings (SSSR count). The molecule has 0 radical (unpaired) electrons. The van der Waals surface area contributed by atoms with Crippen LogP contribution in [0.5, 0.6) is 0 Å². The smallest absolute Gasteiger partial charge is 0.158 e. The number of anilines is 1. The second-order valence-electron chi connectivity index (χ2n) is 5.90. The number of pyridine rings is 1. The molecule has 0 spiro atoms. The van der Waals surface area contributed by atoms with Crippen LogP contribution in [0, 0.1) is 13.8 Å². The molecule has 6 nitrogen and oxygen atoms in total. The first-order valence-electron chi connectivity index (χ1n) is 7.98. The van der Waals surface area contributed by atoms with Gasteiger partial charge in [-0.3, -0.25) is 4.98 Å². The van der Waals surface area contributed by atoms with Crippen LogP contribution in [0.3, 0.4) is 0 Å². The average Bonchev–Trinajstić information content (AvgIpc) is 3.01. The Morgan fingerprint density at radius 1 is 1.09 bits per heavy atom. The van der Waals surface area contributed by atoms with E-state index in [2.05, 4.69) is 29.0 Å². The van der Waals surface area contributed by atoms with Crippen LogP contribution in [0.2, 0.25) is 0 Å². The van der Waals surface area contributed by atoms with Gasteiger partial charge in [-0.25, -0.2) is 4.98 Å². The minimum Gasteiger partial charge on any atom is -0.354 e. The molecular weight excluding hydrogens is 288 g/mol. The third kappa shape index (κ3) is 2.45. The minimum atomic E-state index is 0.861. The van der Waals surface area contributed by atoms with Gasteiger partial charge in [0.05, 0.1) is 5.69 Å². The standard InChI is InChI=1S/C17H20N6/c1-12-13(2)20-16-11-15(14-5-3-4-6-19-14)21-23(16)17(12)22-9-7-18-8-10-22/h3-6,11,18H,7-10H2,1-2H3. The summed E-state index contributed by atoms with van der Waals surface area (Å²) in [6.45, 7) is 8.15. The summed E-state index contributed by atoms with van der Waals surface area (Å²) in [5, 5.41) is 8.19. The highest BCUT2D eigenvalue weighted by Gasteiger charge is 2.20. The fraction of sp³-hybridized carbons (Fsp3) is 0.353. The Labute approximate surface area is 135 Å². The number of fused-ring (bicyclic) bond motifs is 1. The molecule has 1 saturated heterocycles. The zero-order valence-electron chi connectivity index (χ0n) is 13.5. The summed E-state index contributed by atoms with van der Waals surface area (Å²) in [5.74, 6) is 1.15. The van der Waals surface area contributed by atoms with Gasteiger partial charge in [0.1, 0.15) is 11.5 Å². The maximum Gasteiger partial charge on any atom is 0.158 e. The van der Waals surface area contributed by atoms with E-state index in [1.165, 1.54) is 5.56 Å². The molecule has 0 saturated carbocycles. The molecule has 118 valence electrons. The van der Waals surface area contributed by atoms with Crippen LogP contribution in [0.25, 0.3) is 17.0 Å². The van der Waals surface area contributed by atoms with Gasteiger partial charge in [0, 0.05) is 49.7 Å². The Kier molecular flexibility index (Phi) is 3.46. The molecule has 3 aromatic rings. The third-order valence-corrected chi connectivity index (χ3v) is 4.40. The zero-order valence-corrected chi connectivity index (χ0v) is 13.5. The Bertz CT molecular complexity index is 833. The molecule has 4 heterocycles. The van der Waals surface area contributed by atoms with Gasteiger partial charge in [-0.15, -0.1) is 0 Å². The zero-order chi connectivity index (χ0) is 15.8. The van der Waals surface area contributed by atoms with E-state index in [4.69, 9.17) is 10.1 Å². The Balaban J connectivity index is 1.90. The Morgan fingerprint density at radius 3 is 2.65 bits per heavy atom. The van der Waals surface area contributed by atoms with E-state index < -0.39 is 0 Å². The molecule has 1 aliphatic heterocycles. The minimum absolute atomic E-state index is 0.861. The number of rotatable bonds is 2. The van der Waals surface area contributed by atoms with Gasteiger partial charge in [-0.2, -0.15) is 9.61 Å². The monoisotopic (exact) mass is 308 g/mol. The molecule has 3 aromatic heterocycles. The molecule has 0 unspecified atom stereocenters. The second kappa shape index (κ2) is 5.62. The Hall–Kier alpha value is -2.47. The molecule has 0 aliphatic carbocycles. The highest BCUT2D eigenvalue weighted by atomic mass is 15.4. The number of piperazine rings is 1. The quantitative estimate of drug-likeness (QED) is 0.782. The summed E-state index contributed by atoms with van der Waals surface area (Å²) in [6, 6.07) is 7.89. The van der Waals surface area contributed by atoms with Crippen molar-refractivity contribution in [2.24, 2.45) is 0 Å². The predicted molar refractivity (Wildman–Crippen MR) is 90.8 cm³/mol. The number of hydrogen-bond acceptors (Lipinski definition) is 5. The number of aryl methyl sites for hydroxylation is 1. The van der Waals surface area contributed by atoms with E-state index in [0.717, 1.165) is 54.7 Å². The van der Waals surface area contributed by atoms with E-state index in [9.17, 15) is 0 Å². The number of hydrogen-bond donors (Lipinski definition) is 1. The molecule has 23 heavy (non-hydrogen) atoms. The SMILES string of the molecule is Cc1nc2cc(-c3ccccn3)nn2c(N2CCNCC2)c1C. The van der Waals surface area contributed by atoms with Crippen molar-refractivity contribution in [3.8, 4) is 11.4 Å². The van der Waals surface area contributed by atoms with Crippen molar-refractivity contribution in [2.75, 3.05) is 31.1 Å². The van der Waals surface area contributed by atoms with Gasteiger partial charge in [-0.05, 0) is 26.0 Å². The lowest BCUT2D eigenvalue weighted by Crippen LogP contribution is -2.44. The van der Waals surface area contributed by atoms with Crippen molar-refractivity contribution in [1.29, 1.82) is 0 Å². The van der Waals surface area contributed by atoms with E-state index in [1.54, 1.807) is 6.20 Å². The fourth-order valence-corrected chi connectivity index (χ4v) is 3.07. The van der Waals surface area contributed by atoms with Gasteiger partial charge < -0.3 is 10.2 Å². The second-order valence-corrected chi connectivity index (χ2v) is 5.90.